The summed E-state index contributed by atoms with van der Waals surface area (Å²) in [5, 5.41) is 3.47. The van der Waals surface area contributed by atoms with Crippen LogP contribution in [0, 0.1) is 0 Å². The van der Waals surface area contributed by atoms with Crippen molar-refractivity contribution in [3.8, 4) is 11.5 Å². The van der Waals surface area contributed by atoms with Crippen molar-refractivity contribution in [2.75, 3.05) is 26.3 Å². The van der Waals surface area contributed by atoms with Crippen LogP contribution in [0.1, 0.15) is 38.7 Å². The summed E-state index contributed by atoms with van der Waals surface area (Å²) in [4.78, 5) is 15.6. The summed E-state index contributed by atoms with van der Waals surface area (Å²) >= 11 is 0. The third-order valence-corrected chi connectivity index (χ3v) is 5.69. The Morgan fingerprint density at radius 1 is 1.12 bits per heavy atom. The van der Waals surface area contributed by atoms with Crippen LogP contribution in [-0.2, 0) is 10.2 Å². The average Bonchev–Trinajstić information content (AvgIpc) is 2.86. The Hall–Kier alpha value is -1.46. The van der Waals surface area contributed by atoms with Crippen molar-refractivity contribution in [2.45, 2.75) is 50.6 Å². The van der Waals surface area contributed by atoms with E-state index in [1.54, 1.807) is 0 Å². The number of amides is 1. The molecule has 3 aliphatic rings. The van der Waals surface area contributed by atoms with Crippen LogP contribution in [0.3, 0.4) is 0 Å². The van der Waals surface area contributed by atoms with E-state index in [2.05, 4.69) is 10.2 Å². The molecular formula is C19H27ClN2O3. The second kappa shape index (κ2) is 7.04. The van der Waals surface area contributed by atoms with Gasteiger partial charge in [-0.3, -0.25) is 4.79 Å². The molecular weight excluding hydrogens is 340 g/mol. The fraction of sp³-hybridized carbons (Fsp3) is 0.632. The molecule has 0 spiro atoms. The fourth-order valence-electron chi connectivity index (χ4n) is 4.19. The normalized spacial score (nSPS) is 25.1. The zero-order chi connectivity index (χ0) is 16.7. The molecule has 2 bridgehead atoms. The first-order valence-corrected chi connectivity index (χ1v) is 9.01. The van der Waals surface area contributed by atoms with Crippen LogP contribution >= 0.6 is 12.4 Å². The highest BCUT2D eigenvalue weighted by Gasteiger charge is 2.44. The number of hydrogen-bond donors (Lipinski definition) is 1. The molecule has 1 N–H and O–H groups in total. The minimum Gasteiger partial charge on any atom is -0.486 e. The number of ether oxygens (including phenoxy) is 2. The average molecular weight is 367 g/mol. The first-order chi connectivity index (χ1) is 11.6. The van der Waals surface area contributed by atoms with Crippen LogP contribution < -0.4 is 14.8 Å². The summed E-state index contributed by atoms with van der Waals surface area (Å²) < 4.78 is 11.3. The third-order valence-electron chi connectivity index (χ3n) is 5.69. The maximum absolute atomic E-state index is 13.4. The lowest BCUT2D eigenvalue weighted by Gasteiger charge is -2.36. The summed E-state index contributed by atoms with van der Waals surface area (Å²) in [6.07, 6.45) is 3.30. The first-order valence-electron chi connectivity index (χ1n) is 9.01. The molecule has 25 heavy (non-hydrogen) atoms. The van der Waals surface area contributed by atoms with Gasteiger partial charge in [-0.05, 0) is 57.4 Å². The molecule has 0 aromatic heterocycles. The van der Waals surface area contributed by atoms with Crippen molar-refractivity contribution in [3.63, 3.8) is 0 Å². The van der Waals surface area contributed by atoms with E-state index < -0.39 is 5.41 Å². The summed E-state index contributed by atoms with van der Waals surface area (Å²) in [6.45, 7) is 7.12. The molecule has 3 aliphatic heterocycles. The predicted octanol–water partition coefficient (Wildman–Crippen LogP) is 2.51. The fourth-order valence-corrected chi connectivity index (χ4v) is 4.19. The van der Waals surface area contributed by atoms with E-state index in [9.17, 15) is 4.79 Å². The van der Waals surface area contributed by atoms with Crippen molar-refractivity contribution < 1.29 is 14.3 Å². The number of nitrogens with zero attached hydrogens (tertiary/aromatic N) is 1. The van der Waals surface area contributed by atoms with Crippen molar-refractivity contribution in [2.24, 2.45) is 0 Å². The molecule has 5 nitrogen and oxygen atoms in total. The summed E-state index contributed by atoms with van der Waals surface area (Å²) in [5.41, 5.74) is 0.425. The summed E-state index contributed by atoms with van der Waals surface area (Å²) in [6, 6.07) is 6.63. The Balaban J connectivity index is 0.00000182. The smallest absolute Gasteiger partial charge is 0.233 e. The first kappa shape index (κ1) is 18.3. The molecule has 0 radical (unpaired) electrons. The Kier molecular flexibility index (Phi) is 5.16. The van der Waals surface area contributed by atoms with Crippen molar-refractivity contribution in [1.82, 2.24) is 10.2 Å². The van der Waals surface area contributed by atoms with E-state index in [-0.39, 0.29) is 18.3 Å². The molecule has 2 fully saturated rings. The van der Waals surface area contributed by atoms with Crippen molar-refractivity contribution in [3.05, 3.63) is 23.8 Å². The van der Waals surface area contributed by atoms with Crippen LogP contribution in [-0.4, -0.2) is 49.2 Å². The van der Waals surface area contributed by atoms with Gasteiger partial charge in [-0.1, -0.05) is 6.07 Å². The van der Waals surface area contributed by atoms with Crippen LogP contribution in [0.15, 0.2) is 18.2 Å². The van der Waals surface area contributed by atoms with Crippen molar-refractivity contribution in [1.29, 1.82) is 0 Å². The van der Waals surface area contributed by atoms with Gasteiger partial charge in [0.25, 0.3) is 0 Å². The topological polar surface area (TPSA) is 50.8 Å². The third kappa shape index (κ3) is 3.20. The van der Waals surface area contributed by atoms with Gasteiger partial charge in [-0.15, -0.1) is 12.4 Å². The van der Waals surface area contributed by atoms with Gasteiger partial charge in [0, 0.05) is 18.6 Å². The maximum atomic E-state index is 13.4. The number of nitrogens with one attached hydrogen (secondary N) is 1. The monoisotopic (exact) mass is 366 g/mol. The lowest BCUT2D eigenvalue weighted by Crippen LogP contribution is -2.50. The van der Waals surface area contributed by atoms with E-state index in [1.165, 1.54) is 0 Å². The molecule has 3 heterocycles. The molecule has 4 rings (SSSR count). The molecule has 2 saturated heterocycles. The van der Waals surface area contributed by atoms with E-state index in [4.69, 9.17) is 9.47 Å². The maximum Gasteiger partial charge on any atom is 0.233 e. The van der Waals surface area contributed by atoms with Gasteiger partial charge in [-0.2, -0.15) is 0 Å². The highest BCUT2D eigenvalue weighted by atomic mass is 35.5. The van der Waals surface area contributed by atoms with Crippen molar-refractivity contribution >= 4 is 18.3 Å². The van der Waals surface area contributed by atoms with E-state index in [0.29, 0.717) is 25.3 Å². The van der Waals surface area contributed by atoms with Crippen LogP contribution in [0.25, 0.3) is 0 Å². The lowest BCUT2D eigenvalue weighted by molar-refractivity contribution is -0.139. The highest BCUT2D eigenvalue weighted by molar-refractivity contribution is 5.88. The number of benzene rings is 1. The SMILES string of the molecule is CC(C)(C(=O)N1C2CCNCC1CC2)c1ccc2c(c1)OCCO2.Cl. The van der Waals surface area contributed by atoms with E-state index in [1.807, 2.05) is 32.0 Å². The Labute approximate surface area is 155 Å². The predicted molar refractivity (Wildman–Crippen MR) is 98.8 cm³/mol. The number of rotatable bonds is 2. The largest absolute Gasteiger partial charge is 0.486 e. The second-order valence-corrected chi connectivity index (χ2v) is 7.57. The Bertz CT molecular complexity index is 636. The van der Waals surface area contributed by atoms with Gasteiger partial charge in [0.05, 0.1) is 5.41 Å². The molecule has 138 valence electrons. The molecule has 2 unspecified atom stereocenters. The Morgan fingerprint density at radius 3 is 2.64 bits per heavy atom. The highest BCUT2D eigenvalue weighted by Crippen LogP contribution is 2.38. The van der Waals surface area contributed by atoms with Gasteiger partial charge in [-0.25, -0.2) is 0 Å². The number of carbonyl (C=O) groups excluding carboxylic acids is 1. The molecule has 6 heteroatoms. The quantitative estimate of drug-likeness (QED) is 0.873. The number of fused-ring (bicyclic) bond motifs is 3. The molecule has 2 atom stereocenters. The zero-order valence-corrected chi connectivity index (χ0v) is 15.7. The molecule has 1 amide bonds. The standard InChI is InChI=1S/C19H26N2O3.ClH/c1-19(2,13-3-6-16-17(11-13)24-10-9-23-16)18(22)21-14-4-5-15(21)12-20-8-7-14;/h3,6,11,14-15,20H,4-5,7-10,12H2,1-2H3;1H. The van der Waals surface area contributed by atoms with Gasteiger partial charge < -0.3 is 19.7 Å². The molecule has 1 aromatic carbocycles. The van der Waals surface area contributed by atoms with Gasteiger partial charge in [0.1, 0.15) is 13.2 Å². The minimum atomic E-state index is -0.568. The Morgan fingerprint density at radius 2 is 1.84 bits per heavy atom. The lowest BCUT2D eigenvalue weighted by atomic mass is 9.82. The van der Waals surface area contributed by atoms with E-state index in [0.717, 1.165) is 49.4 Å². The molecule has 0 saturated carbocycles. The summed E-state index contributed by atoms with van der Waals surface area (Å²) in [5.74, 6) is 1.75. The minimum absolute atomic E-state index is 0. The summed E-state index contributed by atoms with van der Waals surface area (Å²) in [7, 11) is 0. The number of halogens is 1. The van der Waals surface area contributed by atoms with Gasteiger partial charge >= 0.3 is 0 Å². The van der Waals surface area contributed by atoms with Gasteiger partial charge in [0.15, 0.2) is 11.5 Å². The van der Waals surface area contributed by atoms with Gasteiger partial charge in [0.2, 0.25) is 5.91 Å². The zero-order valence-electron chi connectivity index (χ0n) is 14.9. The number of hydrogen-bond acceptors (Lipinski definition) is 4. The second-order valence-electron chi connectivity index (χ2n) is 7.57. The van der Waals surface area contributed by atoms with Crippen LogP contribution in [0.2, 0.25) is 0 Å². The van der Waals surface area contributed by atoms with Crippen LogP contribution in [0.4, 0.5) is 0 Å². The molecule has 0 aliphatic carbocycles. The molecule has 1 aromatic rings. The van der Waals surface area contributed by atoms with E-state index >= 15 is 0 Å². The van der Waals surface area contributed by atoms with Crippen LogP contribution in [0.5, 0.6) is 11.5 Å². The number of carbonyl (C=O) groups is 1.